The fraction of sp³-hybridized carbons (Fsp3) is 0.200. The minimum atomic E-state index is -0.928. The number of carboxylic acids is 1. The van der Waals surface area contributed by atoms with Crippen molar-refractivity contribution in [2.24, 2.45) is 0 Å². The van der Waals surface area contributed by atoms with Crippen molar-refractivity contribution >= 4 is 36.5 Å². The number of aliphatic carboxylic acids is 1. The van der Waals surface area contributed by atoms with E-state index < -0.39 is 5.97 Å². The molecule has 0 aliphatic carbocycles. The zero-order chi connectivity index (χ0) is 7.56. The molecule has 0 saturated carbocycles. The Morgan fingerprint density at radius 3 is 2.58 bits per heavy atom. The summed E-state index contributed by atoms with van der Waals surface area (Å²) < 4.78 is 1.26. The van der Waals surface area contributed by atoms with Gasteiger partial charge in [0.25, 0.3) is 0 Å². The van der Waals surface area contributed by atoms with Crippen molar-refractivity contribution in [3.05, 3.63) is 12.4 Å². The standard InChI is InChI=1S/C5H7N3O2.2ClH/c6-4-1-7-8(2-4)3-5(9)10;;/h1-2H,3,6H2,(H,9,10);2*1H. The third-order valence-corrected chi connectivity index (χ3v) is 0.950. The van der Waals surface area contributed by atoms with Gasteiger partial charge in [-0.05, 0) is 0 Å². The highest BCUT2D eigenvalue weighted by Gasteiger charge is 1.98. The summed E-state index contributed by atoms with van der Waals surface area (Å²) in [6.07, 6.45) is 2.87. The van der Waals surface area contributed by atoms with E-state index in [0.717, 1.165) is 0 Å². The van der Waals surface area contributed by atoms with E-state index in [1.54, 1.807) is 0 Å². The minimum Gasteiger partial charge on any atom is -0.480 e. The highest BCUT2D eigenvalue weighted by molar-refractivity contribution is 5.85. The number of hydrogen-bond donors (Lipinski definition) is 2. The van der Waals surface area contributed by atoms with E-state index in [1.165, 1.54) is 17.1 Å². The number of rotatable bonds is 2. The number of halogens is 2. The lowest BCUT2D eigenvalue weighted by Crippen LogP contribution is -2.08. The van der Waals surface area contributed by atoms with Crippen LogP contribution in [-0.2, 0) is 11.3 Å². The highest BCUT2D eigenvalue weighted by atomic mass is 35.5. The predicted octanol–water partition coefficient (Wildman–Crippen LogP) is 0.393. The summed E-state index contributed by atoms with van der Waals surface area (Å²) in [6, 6.07) is 0. The Kier molecular flexibility index (Phi) is 6.45. The van der Waals surface area contributed by atoms with Crippen LogP contribution in [0.2, 0.25) is 0 Å². The summed E-state index contributed by atoms with van der Waals surface area (Å²) in [5.41, 5.74) is 5.75. The zero-order valence-electron chi connectivity index (χ0n) is 6.01. The van der Waals surface area contributed by atoms with E-state index in [9.17, 15) is 4.79 Å². The number of anilines is 1. The quantitative estimate of drug-likeness (QED) is 0.746. The molecule has 0 aromatic carbocycles. The molecule has 0 spiro atoms. The van der Waals surface area contributed by atoms with Gasteiger partial charge >= 0.3 is 5.97 Å². The van der Waals surface area contributed by atoms with Crippen LogP contribution in [-0.4, -0.2) is 20.9 Å². The molecule has 0 unspecified atom stereocenters. The monoisotopic (exact) mass is 213 g/mol. The average molecular weight is 214 g/mol. The molecule has 1 aromatic heterocycles. The van der Waals surface area contributed by atoms with Crippen molar-refractivity contribution in [1.82, 2.24) is 9.78 Å². The first kappa shape index (κ1) is 13.6. The SMILES string of the molecule is Cl.Cl.Nc1cnn(CC(=O)O)c1. The second kappa shape index (κ2) is 5.68. The molecule has 0 bridgehead atoms. The molecular formula is C5H9Cl2N3O2. The smallest absolute Gasteiger partial charge is 0.325 e. The van der Waals surface area contributed by atoms with Crippen molar-refractivity contribution in [3.63, 3.8) is 0 Å². The number of nitrogen functional groups attached to an aromatic ring is 1. The zero-order valence-corrected chi connectivity index (χ0v) is 7.64. The molecular weight excluding hydrogens is 205 g/mol. The molecule has 0 atom stereocenters. The van der Waals surface area contributed by atoms with Gasteiger partial charge in [0.15, 0.2) is 0 Å². The topological polar surface area (TPSA) is 81.1 Å². The summed E-state index contributed by atoms with van der Waals surface area (Å²) in [5.74, 6) is -0.928. The number of carbonyl (C=O) groups is 1. The van der Waals surface area contributed by atoms with E-state index >= 15 is 0 Å². The predicted molar refractivity (Wildman–Crippen MR) is 48.8 cm³/mol. The van der Waals surface area contributed by atoms with Gasteiger partial charge in [0.05, 0.1) is 11.9 Å². The lowest BCUT2D eigenvalue weighted by molar-refractivity contribution is -0.137. The fourth-order valence-electron chi connectivity index (χ4n) is 0.605. The van der Waals surface area contributed by atoms with E-state index in [-0.39, 0.29) is 31.4 Å². The summed E-state index contributed by atoms with van der Waals surface area (Å²) in [6.45, 7) is -0.142. The Balaban J connectivity index is 0. The molecule has 0 aliphatic heterocycles. The van der Waals surface area contributed by atoms with Gasteiger partial charge in [-0.25, -0.2) is 0 Å². The number of aromatic nitrogens is 2. The van der Waals surface area contributed by atoms with Gasteiger partial charge in [-0.1, -0.05) is 0 Å². The summed E-state index contributed by atoms with van der Waals surface area (Å²) in [5, 5.41) is 11.9. The molecule has 12 heavy (non-hydrogen) atoms. The van der Waals surface area contributed by atoms with Crippen LogP contribution >= 0.6 is 24.8 Å². The van der Waals surface area contributed by atoms with Gasteiger partial charge in [-0.15, -0.1) is 24.8 Å². The van der Waals surface area contributed by atoms with Crippen LogP contribution in [0.5, 0.6) is 0 Å². The highest BCUT2D eigenvalue weighted by Crippen LogP contribution is 1.96. The van der Waals surface area contributed by atoms with Crippen LogP contribution in [0.4, 0.5) is 5.69 Å². The van der Waals surface area contributed by atoms with Crippen molar-refractivity contribution in [1.29, 1.82) is 0 Å². The van der Waals surface area contributed by atoms with Gasteiger partial charge in [0, 0.05) is 6.20 Å². The maximum Gasteiger partial charge on any atom is 0.325 e. The molecule has 1 heterocycles. The molecule has 7 heteroatoms. The second-order valence-electron chi connectivity index (χ2n) is 1.86. The van der Waals surface area contributed by atoms with E-state index in [0.29, 0.717) is 5.69 Å². The Hall–Kier alpha value is -0.940. The summed E-state index contributed by atoms with van der Waals surface area (Å²) >= 11 is 0. The van der Waals surface area contributed by atoms with Gasteiger partial charge in [-0.3, -0.25) is 9.48 Å². The lowest BCUT2D eigenvalue weighted by atomic mass is 10.6. The van der Waals surface area contributed by atoms with Gasteiger partial charge < -0.3 is 10.8 Å². The van der Waals surface area contributed by atoms with Gasteiger partial charge in [0.2, 0.25) is 0 Å². The first-order valence-corrected chi connectivity index (χ1v) is 2.68. The Bertz CT molecular complexity index is 251. The van der Waals surface area contributed by atoms with Gasteiger partial charge in [0.1, 0.15) is 6.54 Å². The third kappa shape index (κ3) is 4.05. The van der Waals surface area contributed by atoms with Crippen LogP contribution in [0, 0.1) is 0 Å². The molecule has 1 rings (SSSR count). The number of nitrogens with zero attached hydrogens (tertiary/aromatic N) is 2. The molecule has 0 aliphatic rings. The summed E-state index contributed by atoms with van der Waals surface area (Å²) in [7, 11) is 0. The van der Waals surface area contributed by atoms with Gasteiger partial charge in [-0.2, -0.15) is 5.10 Å². The number of hydrogen-bond acceptors (Lipinski definition) is 3. The Morgan fingerprint density at radius 1 is 1.67 bits per heavy atom. The molecule has 3 N–H and O–H groups in total. The number of carboxylic acid groups (broad SMARTS) is 1. The van der Waals surface area contributed by atoms with Crippen LogP contribution in [0.3, 0.4) is 0 Å². The van der Waals surface area contributed by atoms with Crippen molar-refractivity contribution < 1.29 is 9.90 Å². The molecule has 0 radical (unpaired) electrons. The van der Waals surface area contributed by atoms with Crippen LogP contribution in [0.25, 0.3) is 0 Å². The maximum atomic E-state index is 10.1. The second-order valence-corrected chi connectivity index (χ2v) is 1.86. The van der Waals surface area contributed by atoms with Crippen LogP contribution in [0.1, 0.15) is 0 Å². The van der Waals surface area contributed by atoms with Crippen molar-refractivity contribution in [2.45, 2.75) is 6.54 Å². The lowest BCUT2D eigenvalue weighted by Gasteiger charge is -1.91. The average Bonchev–Trinajstić information content (AvgIpc) is 2.13. The molecule has 0 fully saturated rings. The normalized spacial score (nSPS) is 8.00. The largest absolute Gasteiger partial charge is 0.480 e. The first-order chi connectivity index (χ1) is 4.68. The molecule has 0 amide bonds. The fourth-order valence-corrected chi connectivity index (χ4v) is 0.605. The maximum absolute atomic E-state index is 10.1. The Labute approximate surface area is 81.4 Å². The molecule has 0 saturated heterocycles. The molecule has 1 aromatic rings. The Morgan fingerprint density at radius 2 is 2.25 bits per heavy atom. The minimum absolute atomic E-state index is 0. The van der Waals surface area contributed by atoms with Crippen molar-refractivity contribution in [3.8, 4) is 0 Å². The van der Waals surface area contributed by atoms with E-state index in [2.05, 4.69) is 5.10 Å². The van der Waals surface area contributed by atoms with E-state index in [4.69, 9.17) is 10.8 Å². The first-order valence-electron chi connectivity index (χ1n) is 2.68. The molecule has 70 valence electrons. The van der Waals surface area contributed by atoms with Crippen LogP contribution in [0.15, 0.2) is 12.4 Å². The number of nitrogens with two attached hydrogens (primary N) is 1. The van der Waals surface area contributed by atoms with E-state index in [1.807, 2.05) is 0 Å². The van der Waals surface area contributed by atoms with Crippen LogP contribution < -0.4 is 5.73 Å². The molecule has 5 nitrogen and oxygen atoms in total. The van der Waals surface area contributed by atoms with Crippen molar-refractivity contribution in [2.75, 3.05) is 5.73 Å². The summed E-state index contributed by atoms with van der Waals surface area (Å²) in [4.78, 5) is 10.1. The third-order valence-electron chi connectivity index (χ3n) is 0.950.